The molecular weight excluding hydrogens is 402 g/mol. The zero-order chi connectivity index (χ0) is 20.8. The van der Waals surface area contributed by atoms with Crippen LogP contribution in [0.5, 0.6) is 5.75 Å². The number of anilines is 1. The maximum absolute atomic E-state index is 12.7. The van der Waals surface area contributed by atoms with Crippen LogP contribution in [0.15, 0.2) is 65.6 Å². The SMILES string of the molecule is CCOc1ccc(C(=O)Nc2ccc(C)c(Cl)c2)cc1CSc1ccc(C)cc1. The van der Waals surface area contributed by atoms with E-state index < -0.39 is 0 Å². The van der Waals surface area contributed by atoms with Crippen molar-refractivity contribution >= 4 is 35.0 Å². The van der Waals surface area contributed by atoms with Crippen LogP contribution in [0.2, 0.25) is 5.02 Å². The van der Waals surface area contributed by atoms with E-state index >= 15 is 0 Å². The molecule has 3 aromatic carbocycles. The Kier molecular flexibility index (Phi) is 7.24. The van der Waals surface area contributed by atoms with Gasteiger partial charge >= 0.3 is 0 Å². The Morgan fingerprint density at radius 2 is 1.79 bits per heavy atom. The number of thioether (sulfide) groups is 1. The smallest absolute Gasteiger partial charge is 0.255 e. The summed E-state index contributed by atoms with van der Waals surface area (Å²) >= 11 is 7.88. The standard InChI is InChI=1S/C24H24ClNO2S/c1-4-28-23-12-8-18(24(27)26-20-9-7-17(3)22(25)14-20)13-19(23)15-29-21-10-5-16(2)6-11-21/h5-14H,4,15H2,1-3H3,(H,26,27). The third-order valence-corrected chi connectivity index (χ3v) is 5.94. The number of rotatable bonds is 7. The number of amides is 1. The number of hydrogen-bond donors (Lipinski definition) is 1. The molecule has 3 aromatic rings. The molecule has 3 rings (SSSR count). The van der Waals surface area contributed by atoms with Crippen LogP contribution in [0.25, 0.3) is 0 Å². The van der Waals surface area contributed by atoms with Gasteiger partial charge in [0, 0.05) is 32.5 Å². The highest BCUT2D eigenvalue weighted by molar-refractivity contribution is 7.98. The Bertz CT molecular complexity index is 1000. The lowest BCUT2D eigenvalue weighted by Gasteiger charge is -2.13. The largest absolute Gasteiger partial charge is 0.494 e. The highest BCUT2D eigenvalue weighted by atomic mass is 35.5. The van der Waals surface area contributed by atoms with Crippen LogP contribution >= 0.6 is 23.4 Å². The molecule has 0 radical (unpaired) electrons. The molecule has 0 aliphatic carbocycles. The minimum Gasteiger partial charge on any atom is -0.494 e. The van der Waals surface area contributed by atoms with Gasteiger partial charge in [-0.2, -0.15) is 0 Å². The molecule has 29 heavy (non-hydrogen) atoms. The Hall–Kier alpha value is -2.43. The molecule has 0 aromatic heterocycles. The van der Waals surface area contributed by atoms with Crippen LogP contribution < -0.4 is 10.1 Å². The number of carbonyl (C=O) groups excluding carboxylic acids is 1. The Morgan fingerprint density at radius 3 is 2.48 bits per heavy atom. The minimum absolute atomic E-state index is 0.172. The molecule has 3 nitrogen and oxygen atoms in total. The summed E-state index contributed by atoms with van der Waals surface area (Å²) in [6.45, 7) is 6.54. The zero-order valence-electron chi connectivity index (χ0n) is 16.8. The number of ether oxygens (including phenoxy) is 1. The van der Waals surface area contributed by atoms with Gasteiger partial charge in [0.2, 0.25) is 0 Å². The van der Waals surface area contributed by atoms with Crippen LogP contribution in [0.3, 0.4) is 0 Å². The molecule has 1 amide bonds. The van der Waals surface area contributed by atoms with Gasteiger partial charge < -0.3 is 10.1 Å². The van der Waals surface area contributed by atoms with E-state index in [4.69, 9.17) is 16.3 Å². The van der Waals surface area contributed by atoms with Gasteiger partial charge in [-0.3, -0.25) is 4.79 Å². The van der Waals surface area contributed by atoms with E-state index in [0.717, 1.165) is 22.6 Å². The van der Waals surface area contributed by atoms with Crippen molar-refractivity contribution in [2.75, 3.05) is 11.9 Å². The van der Waals surface area contributed by atoms with Gasteiger partial charge in [-0.15, -0.1) is 11.8 Å². The summed E-state index contributed by atoms with van der Waals surface area (Å²) in [7, 11) is 0. The summed E-state index contributed by atoms with van der Waals surface area (Å²) in [6, 6.07) is 19.5. The van der Waals surface area contributed by atoms with Crippen LogP contribution in [0, 0.1) is 13.8 Å². The first kappa shape index (κ1) is 21.3. The monoisotopic (exact) mass is 425 g/mol. The van der Waals surface area contributed by atoms with Crippen molar-refractivity contribution < 1.29 is 9.53 Å². The Morgan fingerprint density at radius 1 is 1.03 bits per heavy atom. The first-order chi connectivity index (χ1) is 14.0. The molecular formula is C24H24ClNO2S. The quantitative estimate of drug-likeness (QED) is 0.418. The van der Waals surface area contributed by atoms with E-state index in [1.54, 1.807) is 23.9 Å². The van der Waals surface area contributed by atoms with Gasteiger partial charge in [0.1, 0.15) is 5.75 Å². The maximum Gasteiger partial charge on any atom is 0.255 e. The lowest BCUT2D eigenvalue weighted by atomic mass is 10.1. The normalized spacial score (nSPS) is 10.6. The van der Waals surface area contributed by atoms with Gasteiger partial charge in [0.25, 0.3) is 5.91 Å². The summed E-state index contributed by atoms with van der Waals surface area (Å²) in [4.78, 5) is 13.9. The molecule has 0 unspecified atom stereocenters. The summed E-state index contributed by atoms with van der Waals surface area (Å²) in [5.74, 6) is 1.35. The van der Waals surface area contributed by atoms with Crippen molar-refractivity contribution in [2.45, 2.75) is 31.4 Å². The zero-order valence-corrected chi connectivity index (χ0v) is 18.4. The van der Waals surface area contributed by atoms with Crippen LogP contribution in [-0.4, -0.2) is 12.5 Å². The predicted octanol–water partition coefficient (Wildman–Crippen LogP) is 6.90. The summed E-state index contributed by atoms with van der Waals surface area (Å²) < 4.78 is 5.76. The first-order valence-corrected chi connectivity index (χ1v) is 10.9. The van der Waals surface area contributed by atoms with Crippen molar-refractivity contribution in [3.05, 3.63) is 87.9 Å². The van der Waals surface area contributed by atoms with E-state index in [0.29, 0.717) is 22.9 Å². The lowest BCUT2D eigenvalue weighted by molar-refractivity contribution is 0.102. The van der Waals surface area contributed by atoms with Gasteiger partial charge in [0.15, 0.2) is 0 Å². The van der Waals surface area contributed by atoms with Gasteiger partial charge in [-0.05, 0) is 68.8 Å². The number of nitrogens with one attached hydrogen (secondary N) is 1. The van der Waals surface area contributed by atoms with E-state index in [2.05, 4.69) is 36.5 Å². The molecule has 0 aliphatic rings. The van der Waals surface area contributed by atoms with Crippen molar-refractivity contribution in [1.29, 1.82) is 0 Å². The molecule has 150 valence electrons. The number of halogens is 1. The highest BCUT2D eigenvalue weighted by Crippen LogP contribution is 2.30. The predicted molar refractivity (Wildman–Crippen MR) is 122 cm³/mol. The molecule has 5 heteroatoms. The molecule has 1 N–H and O–H groups in total. The van der Waals surface area contributed by atoms with E-state index in [1.165, 1.54) is 10.5 Å². The fourth-order valence-corrected chi connectivity index (χ4v) is 3.86. The average molecular weight is 426 g/mol. The van der Waals surface area contributed by atoms with Gasteiger partial charge in [-0.1, -0.05) is 35.4 Å². The third kappa shape index (κ3) is 5.78. The van der Waals surface area contributed by atoms with E-state index in [-0.39, 0.29) is 5.91 Å². The van der Waals surface area contributed by atoms with Crippen LogP contribution in [-0.2, 0) is 5.75 Å². The maximum atomic E-state index is 12.7. The second-order valence-corrected chi connectivity index (χ2v) is 8.23. The fraction of sp³-hybridized carbons (Fsp3) is 0.208. The molecule has 0 spiro atoms. The van der Waals surface area contributed by atoms with Crippen molar-refractivity contribution in [3.8, 4) is 5.75 Å². The third-order valence-electron chi connectivity index (χ3n) is 4.47. The molecule has 0 fully saturated rings. The van der Waals surface area contributed by atoms with Crippen molar-refractivity contribution in [3.63, 3.8) is 0 Å². The topological polar surface area (TPSA) is 38.3 Å². The van der Waals surface area contributed by atoms with Gasteiger partial charge in [-0.25, -0.2) is 0 Å². The second kappa shape index (κ2) is 9.86. The van der Waals surface area contributed by atoms with Crippen LogP contribution in [0.1, 0.15) is 34.0 Å². The highest BCUT2D eigenvalue weighted by Gasteiger charge is 2.12. The minimum atomic E-state index is -0.172. The Balaban J connectivity index is 1.78. The number of hydrogen-bond acceptors (Lipinski definition) is 3. The summed E-state index contributed by atoms with van der Waals surface area (Å²) in [6.07, 6.45) is 0. The van der Waals surface area contributed by atoms with E-state index in [1.807, 2.05) is 38.1 Å². The van der Waals surface area contributed by atoms with E-state index in [9.17, 15) is 4.79 Å². The number of aryl methyl sites for hydroxylation is 2. The van der Waals surface area contributed by atoms with Crippen molar-refractivity contribution in [2.24, 2.45) is 0 Å². The second-order valence-electron chi connectivity index (χ2n) is 6.78. The first-order valence-electron chi connectivity index (χ1n) is 9.49. The number of benzene rings is 3. The lowest BCUT2D eigenvalue weighted by Crippen LogP contribution is -2.12. The van der Waals surface area contributed by atoms with Crippen LogP contribution in [0.4, 0.5) is 5.69 Å². The molecule has 0 saturated heterocycles. The molecule has 0 atom stereocenters. The molecule has 0 bridgehead atoms. The number of carbonyl (C=O) groups is 1. The average Bonchev–Trinajstić information content (AvgIpc) is 2.71. The van der Waals surface area contributed by atoms with Gasteiger partial charge in [0.05, 0.1) is 6.61 Å². The Labute approximate surface area is 181 Å². The fourth-order valence-electron chi connectivity index (χ4n) is 2.80. The molecule has 0 saturated carbocycles. The van der Waals surface area contributed by atoms with Crippen molar-refractivity contribution in [1.82, 2.24) is 0 Å². The molecule has 0 aliphatic heterocycles. The summed E-state index contributed by atoms with van der Waals surface area (Å²) in [5, 5.41) is 3.54. The summed E-state index contributed by atoms with van der Waals surface area (Å²) in [5.41, 5.74) is 4.46. The molecule has 0 heterocycles.